The third kappa shape index (κ3) is 4.79. The second-order valence-corrected chi connectivity index (χ2v) is 18.1. The third-order valence-electron chi connectivity index (χ3n) is 14.3. The Morgan fingerprint density at radius 3 is 1.64 bits per heavy atom. The normalized spacial score (nSPS) is 15.0. The summed E-state index contributed by atoms with van der Waals surface area (Å²) in [7, 11) is 2.22. The van der Waals surface area contributed by atoms with E-state index in [0.717, 1.165) is 6.42 Å². The third-order valence-corrected chi connectivity index (χ3v) is 14.3. The maximum atomic E-state index is 2.49. The molecule has 9 aromatic carbocycles. The van der Waals surface area contributed by atoms with Gasteiger partial charge in [0.1, 0.15) is 0 Å². The van der Waals surface area contributed by atoms with E-state index in [0.29, 0.717) is 0 Å². The molecule has 0 unspecified atom stereocenters. The van der Waals surface area contributed by atoms with Crippen LogP contribution in [-0.2, 0) is 17.3 Å². The zero-order valence-corrected chi connectivity index (χ0v) is 34.3. The SMILES string of the molecule is CN1c2ccccc2Cc2ccc(-c3c4ccccc4c(-c4ccc5c(c4)-c4ccccc4C5(C)C)c4cc(-c5ccc6c(c5)C(C)(C)c5ccccc5-6)ccc34)cc21. The van der Waals surface area contributed by atoms with Crippen molar-refractivity contribution in [3.05, 3.63) is 203 Å². The van der Waals surface area contributed by atoms with Gasteiger partial charge in [-0.1, -0.05) is 167 Å². The van der Waals surface area contributed by atoms with Gasteiger partial charge in [-0.15, -0.1) is 0 Å². The fourth-order valence-corrected chi connectivity index (χ4v) is 11.2. The van der Waals surface area contributed by atoms with Crippen molar-refractivity contribution in [1.29, 1.82) is 0 Å². The van der Waals surface area contributed by atoms with Crippen molar-refractivity contribution in [3.63, 3.8) is 0 Å². The minimum absolute atomic E-state index is 0.0489. The van der Waals surface area contributed by atoms with E-state index in [1.807, 2.05) is 0 Å². The average Bonchev–Trinajstić information content (AvgIpc) is 3.64. The van der Waals surface area contributed by atoms with E-state index in [9.17, 15) is 0 Å². The zero-order valence-electron chi connectivity index (χ0n) is 34.3. The predicted octanol–water partition coefficient (Wildman–Crippen LogP) is 15.3. The highest BCUT2D eigenvalue weighted by atomic mass is 15.1. The molecule has 0 saturated heterocycles. The molecular formula is C58H45N. The molecule has 9 aromatic rings. The number of hydrogen-bond acceptors (Lipinski definition) is 1. The minimum atomic E-state index is -0.0675. The van der Waals surface area contributed by atoms with Crippen LogP contribution in [0.5, 0.6) is 0 Å². The summed E-state index contributed by atoms with van der Waals surface area (Å²) in [5.41, 5.74) is 23.8. The Morgan fingerprint density at radius 1 is 0.356 bits per heavy atom. The molecule has 2 aliphatic carbocycles. The van der Waals surface area contributed by atoms with E-state index in [1.165, 1.54) is 122 Å². The Morgan fingerprint density at radius 2 is 0.864 bits per heavy atom. The van der Waals surface area contributed by atoms with Gasteiger partial charge in [-0.3, -0.25) is 0 Å². The summed E-state index contributed by atoms with van der Waals surface area (Å²) < 4.78 is 0. The standard InChI is InChI=1S/C58H45N/c1-57(2)50-20-12-10-16-42(50)47-32-39(26-29-51(47)57)56-45-18-8-7-17-44(45)55(40-23-22-38-30-37-14-6-13-21-53(37)59(5)54(38)34-40)46-28-25-35(31-48(46)56)36-24-27-43-41-15-9-11-19-49(41)58(3,4)52(43)33-36/h6-29,31-34H,30H2,1-5H3. The van der Waals surface area contributed by atoms with Gasteiger partial charge in [0.15, 0.2) is 0 Å². The first kappa shape index (κ1) is 34.4. The van der Waals surface area contributed by atoms with Crippen molar-refractivity contribution in [1.82, 2.24) is 0 Å². The molecule has 1 heteroatoms. The Bertz CT molecular complexity index is 3270. The quantitative estimate of drug-likeness (QED) is 0.162. The molecule has 0 fully saturated rings. The topological polar surface area (TPSA) is 3.24 Å². The van der Waals surface area contributed by atoms with Crippen molar-refractivity contribution >= 4 is 32.9 Å². The summed E-state index contributed by atoms with van der Waals surface area (Å²) in [6, 6.07) is 64.7. The molecule has 1 heterocycles. The summed E-state index contributed by atoms with van der Waals surface area (Å²) in [5.74, 6) is 0. The monoisotopic (exact) mass is 755 g/mol. The van der Waals surface area contributed by atoms with Crippen molar-refractivity contribution in [2.24, 2.45) is 0 Å². The number of rotatable bonds is 3. The van der Waals surface area contributed by atoms with Crippen LogP contribution >= 0.6 is 0 Å². The van der Waals surface area contributed by atoms with Crippen molar-refractivity contribution < 1.29 is 0 Å². The molecule has 0 atom stereocenters. The van der Waals surface area contributed by atoms with Crippen LogP contribution in [0.15, 0.2) is 170 Å². The number of para-hydroxylation sites is 1. The predicted molar refractivity (Wildman–Crippen MR) is 250 cm³/mol. The molecule has 0 amide bonds. The highest BCUT2D eigenvalue weighted by molar-refractivity contribution is 6.22. The van der Waals surface area contributed by atoms with Gasteiger partial charge in [0.2, 0.25) is 0 Å². The lowest BCUT2D eigenvalue weighted by molar-refractivity contribution is 0.660. The van der Waals surface area contributed by atoms with Crippen molar-refractivity contribution in [2.75, 3.05) is 11.9 Å². The molecule has 0 radical (unpaired) electrons. The van der Waals surface area contributed by atoms with Crippen LogP contribution in [0, 0.1) is 0 Å². The van der Waals surface area contributed by atoms with Gasteiger partial charge >= 0.3 is 0 Å². The largest absolute Gasteiger partial charge is 0.344 e. The van der Waals surface area contributed by atoms with Crippen LogP contribution in [0.1, 0.15) is 61.1 Å². The second kappa shape index (κ2) is 12.2. The van der Waals surface area contributed by atoms with E-state index in [1.54, 1.807) is 0 Å². The molecule has 0 spiro atoms. The van der Waals surface area contributed by atoms with Crippen LogP contribution in [0.2, 0.25) is 0 Å². The van der Waals surface area contributed by atoms with Crippen LogP contribution < -0.4 is 4.90 Å². The van der Waals surface area contributed by atoms with E-state index >= 15 is 0 Å². The highest BCUT2D eigenvalue weighted by Gasteiger charge is 2.37. The summed E-state index contributed by atoms with van der Waals surface area (Å²) in [6.07, 6.45) is 0.945. The van der Waals surface area contributed by atoms with Gasteiger partial charge < -0.3 is 4.90 Å². The van der Waals surface area contributed by atoms with Crippen LogP contribution in [0.3, 0.4) is 0 Å². The number of nitrogens with zero attached hydrogens (tertiary/aromatic N) is 1. The number of benzene rings is 9. The smallest absolute Gasteiger partial charge is 0.0450 e. The Kier molecular flexibility index (Phi) is 7.08. The molecular weight excluding hydrogens is 711 g/mol. The number of anilines is 2. The van der Waals surface area contributed by atoms with Crippen LogP contribution in [0.25, 0.3) is 77.2 Å². The van der Waals surface area contributed by atoms with Gasteiger partial charge in [-0.2, -0.15) is 0 Å². The maximum absolute atomic E-state index is 2.49. The maximum Gasteiger partial charge on any atom is 0.0450 e. The van der Waals surface area contributed by atoms with Crippen molar-refractivity contribution in [2.45, 2.75) is 44.9 Å². The molecule has 0 bridgehead atoms. The fourth-order valence-electron chi connectivity index (χ4n) is 11.2. The first-order valence-corrected chi connectivity index (χ1v) is 21.1. The summed E-state index contributed by atoms with van der Waals surface area (Å²) in [6.45, 7) is 9.49. The van der Waals surface area contributed by atoms with Crippen LogP contribution in [-0.4, -0.2) is 7.05 Å². The van der Waals surface area contributed by atoms with Gasteiger partial charge in [-0.25, -0.2) is 0 Å². The highest BCUT2D eigenvalue weighted by Crippen LogP contribution is 2.53. The zero-order chi connectivity index (χ0) is 39.8. The number of fused-ring (bicyclic) bond motifs is 10. The molecule has 3 aliphatic rings. The summed E-state index contributed by atoms with van der Waals surface area (Å²) in [4.78, 5) is 2.38. The molecule has 0 saturated carbocycles. The van der Waals surface area contributed by atoms with E-state index in [4.69, 9.17) is 0 Å². The van der Waals surface area contributed by atoms with E-state index < -0.39 is 0 Å². The van der Waals surface area contributed by atoms with Crippen LogP contribution in [0.4, 0.5) is 11.4 Å². The molecule has 282 valence electrons. The Hall–Kier alpha value is -6.70. The minimum Gasteiger partial charge on any atom is -0.344 e. The average molecular weight is 756 g/mol. The number of hydrogen-bond donors (Lipinski definition) is 0. The van der Waals surface area contributed by atoms with Gasteiger partial charge in [0.25, 0.3) is 0 Å². The molecule has 59 heavy (non-hydrogen) atoms. The second-order valence-electron chi connectivity index (χ2n) is 18.1. The molecule has 1 nitrogen and oxygen atoms in total. The van der Waals surface area contributed by atoms with Gasteiger partial charge in [0.05, 0.1) is 0 Å². The lowest BCUT2D eigenvalue weighted by Crippen LogP contribution is -2.18. The summed E-state index contributed by atoms with van der Waals surface area (Å²) >= 11 is 0. The molecule has 0 aromatic heterocycles. The lowest BCUT2D eigenvalue weighted by atomic mass is 9.80. The van der Waals surface area contributed by atoms with E-state index in [-0.39, 0.29) is 10.8 Å². The molecule has 12 rings (SSSR count). The molecule has 1 aliphatic heterocycles. The lowest BCUT2D eigenvalue weighted by Gasteiger charge is -2.31. The Balaban J connectivity index is 1.12. The van der Waals surface area contributed by atoms with Crippen molar-refractivity contribution in [3.8, 4) is 55.6 Å². The fraction of sp³-hybridized carbons (Fsp3) is 0.138. The van der Waals surface area contributed by atoms with E-state index in [2.05, 4.69) is 210 Å². The first-order valence-electron chi connectivity index (χ1n) is 21.1. The van der Waals surface area contributed by atoms with Gasteiger partial charge in [0, 0.05) is 35.7 Å². The Labute approximate surface area is 347 Å². The summed E-state index contributed by atoms with van der Waals surface area (Å²) in [5, 5.41) is 5.11. The van der Waals surface area contributed by atoms with Gasteiger partial charge in [-0.05, 0) is 141 Å². The molecule has 0 N–H and O–H groups in total. The first-order chi connectivity index (χ1) is 28.7.